The average Bonchev–Trinajstić information content (AvgIpc) is 2.47. The highest BCUT2D eigenvalue weighted by molar-refractivity contribution is 9.10. The van der Waals surface area contributed by atoms with E-state index in [1.54, 1.807) is 12.1 Å². The van der Waals surface area contributed by atoms with Gasteiger partial charge in [0.15, 0.2) is 0 Å². The zero-order valence-electron chi connectivity index (χ0n) is 10.9. The monoisotopic (exact) mass is 335 g/mol. The van der Waals surface area contributed by atoms with E-state index in [-0.39, 0.29) is 5.82 Å². The molecule has 20 heavy (non-hydrogen) atoms. The van der Waals surface area contributed by atoms with Crippen LogP contribution in [0.2, 0.25) is 0 Å². The molecule has 0 atom stereocenters. The fourth-order valence-electron chi connectivity index (χ4n) is 1.76. The smallest absolute Gasteiger partial charge is 0.125 e. The Kier molecular flexibility index (Phi) is 5.18. The minimum atomic E-state index is -0.271. The zero-order valence-corrected chi connectivity index (χ0v) is 12.5. The van der Waals surface area contributed by atoms with E-state index in [9.17, 15) is 4.39 Å². The topological polar surface area (TPSA) is 21.3 Å². The van der Waals surface area contributed by atoms with Crippen LogP contribution in [0.1, 0.15) is 5.56 Å². The third kappa shape index (κ3) is 3.84. The average molecular weight is 336 g/mol. The number of ether oxygens (including phenoxy) is 1. The summed E-state index contributed by atoms with van der Waals surface area (Å²) in [5.41, 5.74) is 1.72. The van der Waals surface area contributed by atoms with Gasteiger partial charge in [0.2, 0.25) is 0 Å². The Morgan fingerprint density at radius 3 is 2.85 bits per heavy atom. The van der Waals surface area contributed by atoms with Crippen molar-refractivity contribution in [3.63, 3.8) is 0 Å². The van der Waals surface area contributed by atoms with Crippen molar-refractivity contribution in [1.82, 2.24) is 0 Å². The van der Waals surface area contributed by atoms with Gasteiger partial charge in [0.05, 0.1) is 5.69 Å². The van der Waals surface area contributed by atoms with E-state index < -0.39 is 0 Å². The Labute approximate surface area is 126 Å². The molecule has 4 heteroatoms. The highest BCUT2D eigenvalue weighted by Crippen LogP contribution is 2.25. The zero-order chi connectivity index (χ0) is 14.4. The van der Waals surface area contributed by atoms with Crippen LogP contribution in [0, 0.1) is 5.82 Å². The molecule has 0 aromatic heterocycles. The summed E-state index contributed by atoms with van der Waals surface area (Å²) in [6, 6.07) is 12.3. The highest BCUT2D eigenvalue weighted by atomic mass is 79.9. The van der Waals surface area contributed by atoms with Crippen LogP contribution >= 0.6 is 15.9 Å². The second-order valence-corrected chi connectivity index (χ2v) is 5.04. The van der Waals surface area contributed by atoms with Gasteiger partial charge in [-0.05, 0) is 40.2 Å². The molecule has 0 heterocycles. The molecule has 0 spiro atoms. The van der Waals surface area contributed by atoms with Crippen LogP contribution in [-0.4, -0.2) is 6.61 Å². The van der Waals surface area contributed by atoms with E-state index in [0.717, 1.165) is 15.8 Å². The van der Waals surface area contributed by atoms with Gasteiger partial charge in [-0.25, -0.2) is 4.39 Å². The maximum absolute atomic E-state index is 13.2. The van der Waals surface area contributed by atoms with Crippen molar-refractivity contribution in [1.29, 1.82) is 0 Å². The maximum atomic E-state index is 13.2. The Bertz CT molecular complexity index is 601. The first-order valence-electron chi connectivity index (χ1n) is 6.21. The number of hydrogen-bond donors (Lipinski definition) is 1. The molecule has 0 saturated heterocycles. The SMILES string of the molecule is C=CCOc1ccccc1CNc1cc(F)ccc1Br. The molecule has 104 valence electrons. The highest BCUT2D eigenvalue weighted by Gasteiger charge is 2.05. The summed E-state index contributed by atoms with van der Waals surface area (Å²) in [5, 5.41) is 3.19. The lowest BCUT2D eigenvalue weighted by Gasteiger charge is -2.12. The van der Waals surface area contributed by atoms with Gasteiger partial charge in [-0.15, -0.1) is 0 Å². The van der Waals surface area contributed by atoms with Crippen LogP contribution in [0.3, 0.4) is 0 Å². The molecule has 0 radical (unpaired) electrons. The van der Waals surface area contributed by atoms with E-state index in [1.165, 1.54) is 12.1 Å². The minimum absolute atomic E-state index is 0.271. The van der Waals surface area contributed by atoms with Crippen molar-refractivity contribution in [2.24, 2.45) is 0 Å². The van der Waals surface area contributed by atoms with Crippen LogP contribution in [-0.2, 0) is 6.54 Å². The van der Waals surface area contributed by atoms with E-state index >= 15 is 0 Å². The predicted octanol–water partition coefficient (Wildman–Crippen LogP) is 4.77. The molecule has 0 aliphatic carbocycles. The van der Waals surface area contributed by atoms with Crippen LogP contribution < -0.4 is 10.1 Å². The van der Waals surface area contributed by atoms with Crippen molar-refractivity contribution >= 4 is 21.6 Å². The van der Waals surface area contributed by atoms with Gasteiger partial charge in [-0.1, -0.05) is 30.9 Å². The summed E-state index contributed by atoms with van der Waals surface area (Å²) >= 11 is 3.39. The number of rotatable bonds is 6. The van der Waals surface area contributed by atoms with Gasteiger partial charge in [0, 0.05) is 16.6 Å². The molecular weight excluding hydrogens is 321 g/mol. The second kappa shape index (κ2) is 7.10. The fraction of sp³-hybridized carbons (Fsp3) is 0.125. The van der Waals surface area contributed by atoms with Crippen LogP contribution in [0.5, 0.6) is 5.75 Å². The third-order valence-electron chi connectivity index (χ3n) is 2.73. The molecule has 2 aromatic carbocycles. The van der Waals surface area contributed by atoms with Gasteiger partial charge in [0.25, 0.3) is 0 Å². The van der Waals surface area contributed by atoms with E-state index in [0.29, 0.717) is 18.8 Å². The second-order valence-electron chi connectivity index (χ2n) is 4.19. The standard InChI is InChI=1S/C16H15BrFNO/c1-2-9-20-16-6-4-3-5-12(16)11-19-15-10-13(18)7-8-14(15)17/h2-8,10,19H,1,9,11H2. The number of para-hydroxylation sites is 1. The number of nitrogens with one attached hydrogen (secondary N) is 1. The van der Waals surface area contributed by atoms with Crippen molar-refractivity contribution < 1.29 is 9.13 Å². The lowest BCUT2D eigenvalue weighted by Crippen LogP contribution is -2.04. The normalized spacial score (nSPS) is 10.1. The Balaban J connectivity index is 2.10. The summed E-state index contributed by atoms with van der Waals surface area (Å²) in [7, 11) is 0. The lowest BCUT2D eigenvalue weighted by atomic mass is 10.2. The first-order valence-corrected chi connectivity index (χ1v) is 7.00. The molecule has 0 unspecified atom stereocenters. The molecule has 0 aliphatic heterocycles. The Morgan fingerprint density at radius 1 is 1.25 bits per heavy atom. The molecule has 2 nitrogen and oxygen atoms in total. The largest absolute Gasteiger partial charge is 0.489 e. The van der Waals surface area contributed by atoms with E-state index in [1.807, 2.05) is 24.3 Å². The first-order chi connectivity index (χ1) is 9.70. The van der Waals surface area contributed by atoms with Gasteiger partial charge >= 0.3 is 0 Å². The van der Waals surface area contributed by atoms with Crippen molar-refractivity contribution in [3.05, 3.63) is 71.0 Å². The molecule has 0 saturated carbocycles. The van der Waals surface area contributed by atoms with Crippen molar-refractivity contribution in [2.45, 2.75) is 6.54 Å². The number of anilines is 1. The van der Waals surface area contributed by atoms with E-state index in [4.69, 9.17) is 4.74 Å². The van der Waals surface area contributed by atoms with Gasteiger partial charge < -0.3 is 10.1 Å². The molecule has 0 aliphatic rings. The number of hydrogen-bond acceptors (Lipinski definition) is 2. The van der Waals surface area contributed by atoms with Crippen molar-refractivity contribution in [3.8, 4) is 5.75 Å². The molecule has 1 N–H and O–H groups in total. The quantitative estimate of drug-likeness (QED) is 0.768. The summed E-state index contributed by atoms with van der Waals surface area (Å²) in [6.07, 6.45) is 1.70. The lowest BCUT2D eigenvalue weighted by molar-refractivity contribution is 0.359. The molecule has 0 fully saturated rings. The van der Waals surface area contributed by atoms with Crippen LogP contribution in [0.25, 0.3) is 0 Å². The summed E-state index contributed by atoms with van der Waals surface area (Å²) in [5.74, 6) is 0.527. The van der Waals surface area contributed by atoms with Crippen molar-refractivity contribution in [2.75, 3.05) is 11.9 Å². The van der Waals surface area contributed by atoms with Gasteiger partial charge in [-0.2, -0.15) is 0 Å². The predicted molar refractivity (Wildman–Crippen MR) is 83.6 cm³/mol. The minimum Gasteiger partial charge on any atom is -0.489 e. The molecule has 2 rings (SSSR count). The summed E-state index contributed by atoms with van der Waals surface area (Å²) in [4.78, 5) is 0. The third-order valence-corrected chi connectivity index (χ3v) is 3.42. The number of halogens is 2. The van der Waals surface area contributed by atoms with Gasteiger partial charge in [0.1, 0.15) is 18.2 Å². The first kappa shape index (κ1) is 14.6. The fourth-order valence-corrected chi connectivity index (χ4v) is 2.15. The number of benzene rings is 2. The van der Waals surface area contributed by atoms with Crippen LogP contribution in [0.15, 0.2) is 59.6 Å². The molecular formula is C16H15BrFNO. The Hall–Kier alpha value is -1.81. The molecule has 2 aromatic rings. The molecule has 0 bridgehead atoms. The molecule has 0 amide bonds. The van der Waals surface area contributed by atoms with Crippen LogP contribution in [0.4, 0.5) is 10.1 Å². The maximum Gasteiger partial charge on any atom is 0.125 e. The van der Waals surface area contributed by atoms with Gasteiger partial charge in [-0.3, -0.25) is 0 Å². The Morgan fingerprint density at radius 2 is 2.05 bits per heavy atom. The summed E-state index contributed by atoms with van der Waals surface area (Å²) in [6.45, 7) is 4.64. The summed E-state index contributed by atoms with van der Waals surface area (Å²) < 4.78 is 19.6. The van der Waals surface area contributed by atoms with E-state index in [2.05, 4.69) is 27.8 Å².